The molecule has 0 bridgehead atoms. The number of nitrogens with zero attached hydrogens (tertiary/aromatic N) is 3. The predicted molar refractivity (Wildman–Crippen MR) is 129 cm³/mol. The van der Waals surface area contributed by atoms with Crippen molar-refractivity contribution in [1.29, 1.82) is 0 Å². The number of amides is 1. The fourth-order valence-corrected chi connectivity index (χ4v) is 4.00. The molecule has 2 aromatic rings. The highest BCUT2D eigenvalue weighted by Crippen LogP contribution is 2.28. The minimum Gasteiger partial charge on any atom is -0.388 e. The number of aryl methyl sites for hydroxylation is 1. The van der Waals surface area contributed by atoms with Crippen molar-refractivity contribution in [2.75, 3.05) is 18.5 Å². The molecule has 0 saturated heterocycles. The first-order valence-electron chi connectivity index (χ1n) is 11.6. The Labute approximate surface area is 190 Å². The van der Waals surface area contributed by atoms with Crippen LogP contribution in [-0.2, 0) is 4.74 Å². The summed E-state index contributed by atoms with van der Waals surface area (Å²) in [5.74, 6) is 1.15. The zero-order valence-electron chi connectivity index (χ0n) is 19.6. The molecule has 1 heterocycles. The summed E-state index contributed by atoms with van der Waals surface area (Å²) in [6.45, 7) is 8.97. The van der Waals surface area contributed by atoms with Crippen LogP contribution in [0.1, 0.15) is 69.1 Å². The van der Waals surface area contributed by atoms with E-state index >= 15 is 0 Å². The number of hydrogen-bond donors (Lipinski definition) is 3. The zero-order chi connectivity index (χ0) is 23.1. The molecule has 174 valence electrons. The Hall–Kier alpha value is -2.74. The third-order valence-electron chi connectivity index (χ3n) is 5.53. The standard InChI is InChI=1S/C24H36N6O2/c1-15(2)32-13-7-12-26-24(31)23-28-19-11-10-16(3)14-18(19)22(30-23)29-21-9-6-5-8-20(21)27-17(4)25/h10-11,14-15,20-21H,5-9,12-13H2,1-4H3,(H2,25,27)(H,26,31)(H,28,29,30)/t20-,21+/m1/s1. The van der Waals surface area contributed by atoms with Gasteiger partial charge in [0.25, 0.3) is 5.91 Å². The molecule has 1 aromatic carbocycles. The van der Waals surface area contributed by atoms with Crippen LogP contribution in [0.2, 0.25) is 0 Å². The average Bonchev–Trinajstić information content (AvgIpc) is 2.74. The van der Waals surface area contributed by atoms with E-state index in [-0.39, 0.29) is 29.9 Å². The summed E-state index contributed by atoms with van der Waals surface area (Å²) < 4.78 is 5.53. The Morgan fingerprint density at radius 3 is 2.81 bits per heavy atom. The van der Waals surface area contributed by atoms with Gasteiger partial charge in [-0.25, -0.2) is 9.97 Å². The first kappa shape index (κ1) is 23.9. The van der Waals surface area contributed by atoms with E-state index < -0.39 is 0 Å². The predicted octanol–water partition coefficient (Wildman–Crippen LogP) is 3.58. The largest absolute Gasteiger partial charge is 0.388 e. The van der Waals surface area contributed by atoms with Crippen LogP contribution in [0.5, 0.6) is 0 Å². The van der Waals surface area contributed by atoms with Crippen molar-refractivity contribution >= 4 is 28.5 Å². The third-order valence-corrected chi connectivity index (χ3v) is 5.53. The lowest BCUT2D eigenvalue weighted by Crippen LogP contribution is -2.37. The lowest BCUT2D eigenvalue weighted by Gasteiger charge is -2.30. The molecule has 0 spiro atoms. The highest BCUT2D eigenvalue weighted by atomic mass is 16.5. The van der Waals surface area contributed by atoms with E-state index in [0.29, 0.717) is 24.8 Å². The van der Waals surface area contributed by atoms with Crippen molar-refractivity contribution in [3.63, 3.8) is 0 Å². The van der Waals surface area contributed by atoms with Gasteiger partial charge in [-0.2, -0.15) is 0 Å². The van der Waals surface area contributed by atoms with E-state index in [1.165, 1.54) is 0 Å². The highest BCUT2D eigenvalue weighted by Gasteiger charge is 2.26. The second kappa shape index (κ2) is 11.2. The van der Waals surface area contributed by atoms with Crippen LogP contribution in [0.4, 0.5) is 5.82 Å². The van der Waals surface area contributed by atoms with Crippen molar-refractivity contribution in [3.05, 3.63) is 29.6 Å². The minimum atomic E-state index is -0.281. The van der Waals surface area contributed by atoms with Crippen molar-refractivity contribution in [2.45, 2.75) is 78.0 Å². The fourth-order valence-electron chi connectivity index (χ4n) is 4.00. The molecule has 4 N–H and O–H groups in total. The third kappa shape index (κ3) is 6.63. The maximum absolute atomic E-state index is 12.8. The van der Waals surface area contributed by atoms with Crippen molar-refractivity contribution in [1.82, 2.24) is 15.3 Å². The van der Waals surface area contributed by atoms with Gasteiger partial charge in [0.1, 0.15) is 5.82 Å². The van der Waals surface area contributed by atoms with E-state index in [2.05, 4.69) is 31.7 Å². The van der Waals surface area contributed by atoms with Gasteiger partial charge in [0, 0.05) is 24.6 Å². The van der Waals surface area contributed by atoms with Gasteiger partial charge in [-0.15, -0.1) is 0 Å². The summed E-state index contributed by atoms with van der Waals surface area (Å²) in [6.07, 6.45) is 5.15. The van der Waals surface area contributed by atoms with Crippen LogP contribution in [-0.4, -0.2) is 53.1 Å². The molecule has 1 aliphatic rings. The average molecular weight is 441 g/mol. The number of anilines is 1. The molecular formula is C24H36N6O2. The molecule has 0 radical (unpaired) electrons. The van der Waals surface area contributed by atoms with Crippen LogP contribution < -0.4 is 16.4 Å². The van der Waals surface area contributed by atoms with Gasteiger partial charge in [0.15, 0.2) is 0 Å². The van der Waals surface area contributed by atoms with Gasteiger partial charge < -0.3 is 21.1 Å². The Bertz CT molecular complexity index is 955. The number of aliphatic imine (C=N–C) groups is 1. The highest BCUT2D eigenvalue weighted by molar-refractivity contribution is 5.96. The molecular weight excluding hydrogens is 404 g/mol. The summed E-state index contributed by atoms with van der Waals surface area (Å²) >= 11 is 0. The number of hydrogen-bond acceptors (Lipinski definition) is 6. The Kier molecular flexibility index (Phi) is 8.39. The second-order valence-electron chi connectivity index (χ2n) is 8.82. The second-order valence-corrected chi connectivity index (χ2v) is 8.82. The maximum atomic E-state index is 12.8. The Morgan fingerprint density at radius 2 is 2.06 bits per heavy atom. The SMILES string of the molecule is CC(N)=N[C@@H]1CCCC[C@@H]1Nc1nc(C(=O)NCCCOC(C)C)nc2ccc(C)cc12. The first-order chi connectivity index (χ1) is 15.3. The number of carbonyl (C=O) groups excluding carboxylic acids is 1. The lowest BCUT2D eigenvalue weighted by molar-refractivity contribution is 0.0756. The van der Waals surface area contributed by atoms with E-state index in [1.54, 1.807) is 0 Å². The summed E-state index contributed by atoms with van der Waals surface area (Å²) in [4.78, 5) is 26.6. The molecule has 3 rings (SSSR count). The van der Waals surface area contributed by atoms with E-state index in [4.69, 9.17) is 10.5 Å². The van der Waals surface area contributed by atoms with Gasteiger partial charge in [0.05, 0.1) is 23.5 Å². The molecule has 1 aliphatic carbocycles. The van der Waals surface area contributed by atoms with Gasteiger partial charge >= 0.3 is 0 Å². The van der Waals surface area contributed by atoms with Gasteiger partial charge in [0.2, 0.25) is 5.82 Å². The summed E-state index contributed by atoms with van der Waals surface area (Å²) in [5, 5.41) is 7.39. The maximum Gasteiger partial charge on any atom is 0.289 e. The Morgan fingerprint density at radius 1 is 1.28 bits per heavy atom. The van der Waals surface area contributed by atoms with E-state index in [0.717, 1.165) is 48.6 Å². The van der Waals surface area contributed by atoms with Crippen LogP contribution in [0.25, 0.3) is 10.9 Å². The molecule has 1 saturated carbocycles. The number of carbonyl (C=O) groups is 1. The van der Waals surface area contributed by atoms with Gasteiger partial charge in [-0.1, -0.05) is 24.5 Å². The lowest BCUT2D eigenvalue weighted by atomic mass is 9.90. The molecule has 2 atom stereocenters. The number of rotatable bonds is 9. The van der Waals surface area contributed by atoms with Crippen LogP contribution in [0.3, 0.4) is 0 Å². The van der Waals surface area contributed by atoms with Crippen LogP contribution in [0.15, 0.2) is 23.2 Å². The summed E-state index contributed by atoms with van der Waals surface area (Å²) in [6, 6.07) is 6.20. The normalized spacial score (nSPS) is 19.3. The monoisotopic (exact) mass is 440 g/mol. The van der Waals surface area contributed by atoms with Gasteiger partial charge in [-0.3, -0.25) is 9.79 Å². The molecule has 1 fully saturated rings. The number of nitrogens with two attached hydrogens (primary N) is 1. The quantitative estimate of drug-likeness (QED) is 0.312. The molecule has 1 amide bonds. The molecule has 0 unspecified atom stereocenters. The molecule has 8 nitrogen and oxygen atoms in total. The first-order valence-corrected chi connectivity index (χ1v) is 11.6. The van der Waals surface area contributed by atoms with E-state index in [1.807, 2.05) is 39.8 Å². The number of ether oxygens (including phenoxy) is 1. The summed E-state index contributed by atoms with van der Waals surface area (Å²) in [5.41, 5.74) is 7.73. The number of benzene rings is 1. The number of amidine groups is 1. The number of aromatic nitrogens is 2. The van der Waals surface area contributed by atoms with Crippen molar-refractivity contribution < 1.29 is 9.53 Å². The molecule has 32 heavy (non-hydrogen) atoms. The van der Waals surface area contributed by atoms with Crippen LogP contribution in [0, 0.1) is 6.92 Å². The molecule has 8 heteroatoms. The topological polar surface area (TPSA) is 115 Å². The summed E-state index contributed by atoms with van der Waals surface area (Å²) in [7, 11) is 0. The smallest absolute Gasteiger partial charge is 0.289 e. The van der Waals surface area contributed by atoms with Gasteiger partial charge in [-0.05, 0) is 59.1 Å². The Balaban J connectivity index is 1.82. The van der Waals surface area contributed by atoms with E-state index in [9.17, 15) is 4.79 Å². The van der Waals surface area contributed by atoms with Crippen LogP contribution >= 0.6 is 0 Å². The van der Waals surface area contributed by atoms with Crippen molar-refractivity contribution in [2.24, 2.45) is 10.7 Å². The molecule has 0 aliphatic heterocycles. The van der Waals surface area contributed by atoms with Crippen molar-refractivity contribution in [3.8, 4) is 0 Å². The minimum absolute atomic E-state index is 0.0989. The fraction of sp³-hybridized carbons (Fsp3) is 0.583. The molecule has 1 aromatic heterocycles. The number of nitrogens with one attached hydrogen (secondary N) is 2. The number of fused-ring (bicyclic) bond motifs is 1. The zero-order valence-corrected chi connectivity index (χ0v) is 19.6.